The molecule has 0 radical (unpaired) electrons. The Morgan fingerprint density at radius 1 is 1.44 bits per heavy atom. The lowest BCUT2D eigenvalue weighted by Crippen LogP contribution is -2.69. The smallest absolute Gasteiger partial charge is 0.0437 e. The molecule has 94 valence electrons. The van der Waals surface area contributed by atoms with Crippen molar-refractivity contribution in [2.24, 2.45) is 5.92 Å². The van der Waals surface area contributed by atoms with Gasteiger partial charge in [0.25, 0.3) is 0 Å². The third kappa shape index (κ3) is 2.96. The Hall–Kier alpha value is -0.120. The number of nitrogens with one attached hydrogen (secondary N) is 2. The molecular weight excluding hydrogens is 198 g/mol. The molecule has 2 rings (SSSR count). The van der Waals surface area contributed by atoms with Crippen LogP contribution < -0.4 is 10.6 Å². The van der Waals surface area contributed by atoms with Crippen molar-refractivity contribution in [3.8, 4) is 0 Å². The van der Waals surface area contributed by atoms with Crippen LogP contribution in [0.5, 0.6) is 0 Å². The predicted molar refractivity (Wildman–Crippen MR) is 68.7 cm³/mol. The highest BCUT2D eigenvalue weighted by molar-refractivity contribution is 5.01. The first-order chi connectivity index (χ1) is 7.60. The first-order valence-electron chi connectivity index (χ1n) is 6.77. The monoisotopic (exact) mass is 225 g/mol. The second kappa shape index (κ2) is 5.03. The molecule has 2 saturated heterocycles. The van der Waals surface area contributed by atoms with E-state index in [0.29, 0.717) is 11.6 Å². The lowest BCUT2D eigenvalue weighted by Gasteiger charge is -2.48. The van der Waals surface area contributed by atoms with Crippen molar-refractivity contribution in [3.63, 3.8) is 0 Å². The zero-order valence-electron chi connectivity index (χ0n) is 11.1. The normalized spacial score (nSPS) is 37.1. The van der Waals surface area contributed by atoms with Gasteiger partial charge in [0.1, 0.15) is 0 Å². The van der Waals surface area contributed by atoms with E-state index in [1.165, 1.54) is 32.4 Å². The van der Waals surface area contributed by atoms with Crippen molar-refractivity contribution in [2.45, 2.75) is 44.7 Å². The van der Waals surface area contributed by atoms with Gasteiger partial charge < -0.3 is 15.5 Å². The van der Waals surface area contributed by atoms with Crippen LogP contribution in [-0.4, -0.2) is 49.7 Å². The number of nitrogens with zero attached hydrogens (tertiary/aromatic N) is 1. The summed E-state index contributed by atoms with van der Waals surface area (Å²) < 4.78 is 0. The summed E-state index contributed by atoms with van der Waals surface area (Å²) in [6.45, 7) is 9.38. The third-order valence-corrected chi connectivity index (χ3v) is 3.89. The number of hydrogen-bond donors (Lipinski definition) is 2. The summed E-state index contributed by atoms with van der Waals surface area (Å²) in [5.41, 5.74) is 0.352. The fourth-order valence-electron chi connectivity index (χ4n) is 3.36. The Balaban J connectivity index is 1.94. The minimum Gasteiger partial charge on any atom is -0.313 e. The molecule has 0 aliphatic carbocycles. The van der Waals surface area contributed by atoms with Crippen molar-refractivity contribution in [3.05, 3.63) is 0 Å². The van der Waals surface area contributed by atoms with E-state index in [4.69, 9.17) is 0 Å². The van der Waals surface area contributed by atoms with Gasteiger partial charge >= 0.3 is 0 Å². The molecule has 16 heavy (non-hydrogen) atoms. The molecule has 2 aliphatic rings. The molecular formula is C13H27N3. The third-order valence-electron chi connectivity index (χ3n) is 3.89. The summed E-state index contributed by atoms with van der Waals surface area (Å²) >= 11 is 0. The Labute approximate surface area is 100.0 Å². The summed E-state index contributed by atoms with van der Waals surface area (Å²) in [6, 6.07) is 0.667. The van der Waals surface area contributed by atoms with Crippen LogP contribution in [0.1, 0.15) is 33.1 Å². The van der Waals surface area contributed by atoms with Crippen LogP contribution in [0.2, 0.25) is 0 Å². The van der Waals surface area contributed by atoms with Gasteiger partial charge in [-0.2, -0.15) is 0 Å². The molecule has 0 saturated carbocycles. The first-order valence-corrected chi connectivity index (χ1v) is 6.77. The summed E-state index contributed by atoms with van der Waals surface area (Å²) in [5.74, 6) is 0.788. The van der Waals surface area contributed by atoms with Crippen molar-refractivity contribution in [1.82, 2.24) is 15.5 Å². The fourth-order valence-corrected chi connectivity index (χ4v) is 3.36. The van der Waals surface area contributed by atoms with Gasteiger partial charge in [-0.1, -0.05) is 13.8 Å². The van der Waals surface area contributed by atoms with E-state index in [0.717, 1.165) is 19.0 Å². The largest absolute Gasteiger partial charge is 0.313 e. The lowest BCUT2D eigenvalue weighted by atomic mass is 9.85. The molecule has 0 aromatic rings. The summed E-state index contributed by atoms with van der Waals surface area (Å²) in [5, 5.41) is 7.56. The van der Waals surface area contributed by atoms with E-state index < -0.39 is 0 Å². The predicted octanol–water partition coefficient (Wildman–Crippen LogP) is 1.06. The first kappa shape index (κ1) is 12.3. The van der Waals surface area contributed by atoms with E-state index in [9.17, 15) is 0 Å². The number of piperidine rings is 1. The maximum atomic E-state index is 3.93. The van der Waals surface area contributed by atoms with Gasteiger partial charge in [-0.05, 0) is 38.8 Å². The van der Waals surface area contributed by atoms with Crippen LogP contribution in [0.4, 0.5) is 0 Å². The molecule has 2 fully saturated rings. The molecule has 3 nitrogen and oxygen atoms in total. The Morgan fingerprint density at radius 3 is 2.94 bits per heavy atom. The minimum absolute atomic E-state index is 0.352. The molecule has 1 unspecified atom stereocenters. The van der Waals surface area contributed by atoms with Crippen LogP contribution in [0.15, 0.2) is 0 Å². The average molecular weight is 225 g/mol. The summed E-state index contributed by atoms with van der Waals surface area (Å²) in [7, 11) is 2.24. The van der Waals surface area contributed by atoms with Crippen LogP contribution >= 0.6 is 0 Å². The van der Waals surface area contributed by atoms with Gasteiger partial charge in [0, 0.05) is 31.2 Å². The van der Waals surface area contributed by atoms with Gasteiger partial charge in [-0.3, -0.25) is 0 Å². The van der Waals surface area contributed by atoms with Crippen molar-refractivity contribution in [1.29, 1.82) is 0 Å². The molecule has 0 amide bonds. The minimum atomic E-state index is 0.352. The SMILES string of the molecule is CC(C)C[C@@H]1CNCC2(CCCN(C)C2)N1. The topological polar surface area (TPSA) is 27.3 Å². The van der Waals surface area contributed by atoms with E-state index in [2.05, 4.69) is 36.4 Å². The molecule has 0 aromatic heterocycles. The lowest BCUT2D eigenvalue weighted by molar-refractivity contribution is 0.104. The van der Waals surface area contributed by atoms with Crippen molar-refractivity contribution >= 4 is 0 Å². The number of hydrogen-bond acceptors (Lipinski definition) is 3. The molecule has 2 atom stereocenters. The highest BCUT2D eigenvalue weighted by Gasteiger charge is 2.38. The standard InChI is InChI=1S/C13H27N3/c1-11(2)7-12-8-14-9-13(15-12)5-4-6-16(3)10-13/h11-12,14-15H,4-10H2,1-3H3/t12-,13?/m1/s1. The van der Waals surface area contributed by atoms with E-state index >= 15 is 0 Å². The second-order valence-corrected chi connectivity index (χ2v) is 6.22. The highest BCUT2D eigenvalue weighted by atomic mass is 15.2. The van der Waals surface area contributed by atoms with Crippen molar-refractivity contribution in [2.75, 3.05) is 33.2 Å². The summed E-state index contributed by atoms with van der Waals surface area (Å²) in [6.07, 6.45) is 3.96. The van der Waals surface area contributed by atoms with E-state index in [-0.39, 0.29) is 0 Å². The number of likely N-dealkylation sites (N-methyl/N-ethyl adjacent to an activating group) is 1. The number of piperazine rings is 1. The summed E-state index contributed by atoms with van der Waals surface area (Å²) in [4.78, 5) is 2.47. The van der Waals surface area contributed by atoms with E-state index in [1.54, 1.807) is 0 Å². The maximum Gasteiger partial charge on any atom is 0.0437 e. The molecule has 3 heteroatoms. The quantitative estimate of drug-likeness (QED) is 0.736. The Bertz CT molecular complexity index is 225. The zero-order chi connectivity index (χ0) is 11.6. The molecule has 0 aromatic carbocycles. The maximum absolute atomic E-state index is 3.93. The van der Waals surface area contributed by atoms with Gasteiger partial charge in [0.05, 0.1) is 0 Å². The molecule has 0 bridgehead atoms. The van der Waals surface area contributed by atoms with Crippen LogP contribution in [0.3, 0.4) is 0 Å². The zero-order valence-corrected chi connectivity index (χ0v) is 11.1. The van der Waals surface area contributed by atoms with Crippen LogP contribution in [-0.2, 0) is 0 Å². The molecule has 1 spiro atoms. The van der Waals surface area contributed by atoms with Gasteiger partial charge in [-0.25, -0.2) is 0 Å². The Kier molecular flexibility index (Phi) is 3.88. The van der Waals surface area contributed by atoms with Crippen molar-refractivity contribution < 1.29 is 0 Å². The molecule has 2 heterocycles. The van der Waals surface area contributed by atoms with Gasteiger partial charge in [0.15, 0.2) is 0 Å². The van der Waals surface area contributed by atoms with Crippen LogP contribution in [0.25, 0.3) is 0 Å². The second-order valence-electron chi connectivity index (χ2n) is 6.22. The number of rotatable bonds is 2. The highest BCUT2D eigenvalue weighted by Crippen LogP contribution is 2.23. The Morgan fingerprint density at radius 2 is 2.25 bits per heavy atom. The number of likely N-dealkylation sites (tertiary alicyclic amines) is 1. The average Bonchev–Trinajstić information content (AvgIpc) is 2.15. The fraction of sp³-hybridized carbons (Fsp3) is 1.00. The molecule has 2 aliphatic heterocycles. The van der Waals surface area contributed by atoms with E-state index in [1.807, 2.05) is 0 Å². The van der Waals surface area contributed by atoms with Gasteiger partial charge in [0.2, 0.25) is 0 Å². The van der Waals surface area contributed by atoms with Gasteiger partial charge in [-0.15, -0.1) is 0 Å². The molecule has 2 N–H and O–H groups in total. The van der Waals surface area contributed by atoms with Crippen LogP contribution in [0, 0.1) is 5.92 Å².